The van der Waals surface area contributed by atoms with Crippen LogP contribution in [0.3, 0.4) is 0 Å². The lowest BCUT2D eigenvalue weighted by Gasteiger charge is -2.23. The summed E-state index contributed by atoms with van der Waals surface area (Å²) in [6.45, 7) is 1.31. The van der Waals surface area contributed by atoms with E-state index in [9.17, 15) is 9.59 Å². The van der Waals surface area contributed by atoms with E-state index in [4.69, 9.17) is 9.84 Å². The number of carboxylic acid groups (broad SMARTS) is 1. The van der Waals surface area contributed by atoms with E-state index in [0.717, 1.165) is 23.4 Å². The van der Waals surface area contributed by atoms with Gasteiger partial charge in [-0.25, -0.2) is 0 Å². The summed E-state index contributed by atoms with van der Waals surface area (Å²) < 4.78 is 8.48. The number of aliphatic carboxylic acids is 1. The van der Waals surface area contributed by atoms with Gasteiger partial charge in [0.15, 0.2) is 0 Å². The smallest absolute Gasteiger partial charge is 0.307 e. The van der Waals surface area contributed by atoms with Crippen molar-refractivity contribution in [1.82, 2.24) is 4.57 Å². The summed E-state index contributed by atoms with van der Waals surface area (Å²) in [6.07, 6.45) is 6.14. The van der Waals surface area contributed by atoms with E-state index >= 15 is 0 Å². The van der Waals surface area contributed by atoms with E-state index in [1.807, 2.05) is 24.3 Å². The molecule has 0 spiro atoms. The van der Waals surface area contributed by atoms with Gasteiger partial charge >= 0.3 is 5.97 Å². The van der Waals surface area contributed by atoms with Crippen molar-refractivity contribution in [3.05, 3.63) is 83.4 Å². The highest BCUT2D eigenvalue weighted by Gasteiger charge is 2.29. The number of carboxylic acids is 1. The molecule has 6 heteroatoms. The third-order valence-corrected chi connectivity index (χ3v) is 7.66. The molecular formula is C31H30N2O4. The van der Waals surface area contributed by atoms with Gasteiger partial charge in [-0.15, -0.1) is 0 Å². The average Bonchev–Trinajstić information content (AvgIpc) is 3.11. The van der Waals surface area contributed by atoms with E-state index < -0.39 is 5.97 Å². The largest absolute Gasteiger partial charge is 0.491 e. The molecule has 0 radical (unpaired) electrons. The average molecular weight is 495 g/mol. The molecule has 1 aliphatic heterocycles. The minimum atomic E-state index is -0.878. The van der Waals surface area contributed by atoms with Gasteiger partial charge in [0.25, 0.3) is 5.91 Å². The second kappa shape index (κ2) is 9.77. The Bertz CT molecular complexity index is 1480. The lowest BCUT2D eigenvalue weighted by atomic mass is 9.81. The quantitative estimate of drug-likeness (QED) is 0.326. The van der Waals surface area contributed by atoms with Crippen molar-refractivity contribution < 1.29 is 19.4 Å². The van der Waals surface area contributed by atoms with Gasteiger partial charge in [0, 0.05) is 27.7 Å². The highest BCUT2D eigenvalue weighted by atomic mass is 16.5. The standard InChI is InChI=1S/C31H30N2O4/c34-28(35)18-20-10-13-23(14-11-20)32-31(36)22-12-15-24-26(19-22)33-16-17-37-27-9-5-4-8-25(27)30(33)29(24)21-6-2-1-3-7-21/h4-5,8-15,19,21H,1-3,6-7,16-18H2,(H,32,36)(H,34,35). The molecule has 1 aliphatic carbocycles. The summed E-state index contributed by atoms with van der Waals surface area (Å²) in [7, 11) is 0. The number of fused-ring (bicyclic) bond motifs is 5. The fourth-order valence-corrected chi connectivity index (χ4v) is 5.96. The molecule has 188 valence electrons. The molecule has 1 fully saturated rings. The fraction of sp³-hybridized carbons (Fsp3) is 0.290. The number of amides is 1. The first-order chi connectivity index (χ1) is 18.1. The zero-order valence-electron chi connectivity index (χ0n) is 20.7. The number of para-hydroxylation sites is 1. The van der Waals surface area contributed by atoms with Crippen LogP contribution in [0.4, 0.5) is 5.69 Å². The molecule has 4 aromatic rings. The minimum Gasteiger partial charge on any atom is -0.491 e. The Labute approximate surface area is 215 Å². The summed E-state index contributed by atoms with van der Waals surface area (Å²) in [5.41, 5.74) is 6.76. The third-order valence-electron chi connectivity index (χ3n) is 7.66. The van der Waals surface area contributed by atoms with Gasteiger partial charge in [-0.05, 0) is 66.3 Å². The van der Waals surface area contributed by atoms with Crippen LogP contribution in [0.2, 0.25) is 0 Å². The van der Waals surface area contributed by atoms with E-state index in [0.29, 0.717) is 29.3 Å². The van der Waals surface area contributed by atoms with Gasteiger partial charge in [-0.2, -0.15) is 0 Å². The van der Waals surface area contributed by atoms with E-state index in [1.165, 1.54) is 48.7 Å². The lowest BCUT2D eigenvalue weighted by molar-refractivity contribution is -0.136. The molecule has 6 nitrogen and oxygen atoms in total. The Kier molecular flexibility index (Phi) is 6.16. The summed E-state index contributed by atoms with van der Waals surface area (Å²) >= 11 is 0. The van der Waals surface area contributed by atoms with Crippen molar-refractivity contribution in [1.29, 1.82) is 0 Å². The van der Waals surface area contributed by atoms with Gasteiger partial charge in [-0.3, -0.25) is 9.59 Å². The van der Waals surface area contributed by atoms with Crippen molar-refractivity contribution >= 4 is 28.5 Å². The number of ether oxygens (including phenoxy) is 1. The first kappa shape index (κ1) is 23.3. The predicted octanol–water partition coefficient (Wildman–Crippen LogP) is 6.63. The van der Waals surface area contributed by atoms with Crippen LogP contribution in [-0.2, 0) is 17.8 Å². The number of carbonyl (C=O) groups excluding carboxylic acids is 1. The van der Waals surface area contributed by atoms with Crippen molar-refractivity contribution in [3.63, 3.8) is 0 Å². The number of hydrogen-bond donors (Lipinski definition) is 2. The lowest BCUT2D eigenvalue weighted by Crippen LogP contribution is -2.12. The van der Waals surface area contributed by atoms with Crippen LogP contribution in [-0.4, -0.2) is 28.2 Å². The van der Waals surface area contributed by atoms with Crippen LogP contribution >= 0.6 is 0 Å². The first-order valence-electron chi connectivity index (χ1n) is 13.1. The van der Waals surface area contributed by atoms with Gasteiger partial charge < -0.3 is 19.7 Å². The molecule has 0 bridgehead atoms. The second-order valence-corrected chi connectivity index (χ2v) is 10.0. The predicted molar refractivity (Wildman–Crippen MR) is 144 cm³/mol. The van der Waals surface area contributed by atoms with Crippen LogP contribution in [0.15, 0.2) is 66.7 Å². The maximum atomic E-state index is 13.2. The van der Waals surface area contributed by atoms with Crippen LogP contribution in [0.1, 0.15) is 59.5 Å². The molecule has 1 amide bonds. The number of rotatable bonds is 5. The van der Waals surface area contributed by atoms with Crippen molar-refractivity contribution in [2.75, 3.05) is 11.9 Å². The normalized spacial score (nSPS) is 15.4. The SMILES string of the molecule is O=C(O)Cc1ccc(NC(=O)c2ccc3c(C4CCCCC4)c4n(c3c2)CCOc2ccccc2-4)cc1. The number of anilines is 1. The van der Waals surface area contributed by atoms with Gasteiger partial charge in [0.05, 0.1) is 18.7 Å². The topological polar surface area (TPSA) is 80.6 Å². The van der Waals surface area contributed by atoms with Crippen LogP contribution < -0.4 is 10.1 Å². The highest BCUT2D eigenvalue weighted by Crippen LogP contribution is 2.47. The molecule has 3 aromatic carbocycles. The second-order valence-electron chi connectivity index (χ2n) is 10.0. The number of nitrogens with one attached hydrogen (secondary N) is 1. The summed E-state index contributed by atoms with van der Waals surface area (Å²) in [6, 6.07) is 21.3. The van der Waals surface area contributed by atoms with E-state index in [2.05, 4.69) is 28.1 Å². The molecule has 2 aliphatic rings. The first-order valence-corrected chi connectivity index (χ1v) is 13.1. The van der Waals surface area contributed by atoms with Crippen molar-refractivity contribution in [2.24, 2.45) is 0 Å². The maximum absolute atomic E-state index is 13.2. The van der Waals surface area contributed by atoms with E-state index in [1.54, 1.807) is 24.3 Å². The molecule has 0 atom stereocenters. The molecule has 1 saturated carbocycles. The Balaban J connectivity index is 1.40. The molecule has 6 rings (SSSR count). The molecule has 0 unspecified atom stereocenters. The Morgan fingerprint density at radius 1 is 0.973 bits per heavy atom. The molecule has 2 heterocycles. The van der Waals surface area contributed by atoms with E-state index in [-0.39, 0.29) is 12.3 Å². The number of aromatic nitrogens is 1. The van der Waals surface area contributed by atoms with Crippen LogP contribution in [0, 0.1) is 0 Å². The number of hydrogen-bond acceptors (Lipinski definition) is 3. The molecule has 2 N–H and O–H groups in total. The van der Waals surface area contributed by atoms with Crippen molar-refractivity contribution in [2.45, 2.75) is 51.0 Å². The van der Waals surface area contributed by atoms with Gasteiger partial charge in [0.1, 0.15) is 12.4 Å². The molecular weight excluding hydrogens is 464 g/mol. The third kappa shape index (κ3) is 4.48. The molecule has 0 saturated heterocycles. The summed E-state index contributed by atoms with van der Waals surface area (Å²) in [5, 5.41) is 13.2. The Hall–Kier alpha value is -4.06. The zero-order chi connectivity index (χ0) is 25.4. The highest BCUT2D eigenvalue weighted by molar-refractivity contribution is 6.07. The Morgan fingerprint density at radius 3 is 2.54 bits per heavy atom. The number of benzene rings is 3. The van der Waals surface area contributed by atoms with Crippen LogP contribution in [0.5, 0.6) is 5.75 Å². The Morgan fingerprint density at radius 2 is 1.76 bits per heavy atom. The van der Waals surface area contributed by atoms with Crippen molar-refractivity contribution in [3.8, 4) is 17.0 Å². The van der Waals surface area contributed by atoms with Gasteiger partial charge in [0.2, 0.25) is 0 Å². The summed E-state index contributed by atoms with van der Waals surface area (Å²) in [5.74, 6) is 0.359. The maximum Gasteiger partial charge on any atom is 0.307 e. The molecule has 37 heavy (non-hydrogen) atoms. The summed E-state index contributed by atoms with van der Waals surface area (Å²) in [4.78, 5) is 24.2. The van der Waals surface area contributed by atoms with Crippen LogP contribution in [0.25, 0.3) is 22.2 Å². The fourth-order valence-electron chi connectivity index (χ4n) is 5.96. The monoisotopic (exact) mass is 494 g/mol. The van der Waals surface area contributed by atoms with Gasteiger partial charge in [-0.1, -0.05) is 49.6 Å². The number of nitrogens with zero attached hydrogens (tertiary/aromatic N) is 1. The zero-order valence-corrected chi connectivity index (χ0v) is 20.7. The number of carbonyl (C=O) groups is 2. The minimum absolute atomic E-state index is 0.0413. The molecule has 1 aromatic heterocycles.